The molecule has 0 bridgehead atoms. The molecule has 0 saturated heterocycles. The fourth-order valence-corrected chi connectivity index (χ4v) is 3.22. The van der Waals surface area contributed by atoms with Crippen molar-refractivity contribution in [3.63, 3.8) is 0 Å². The van der Waals surface area contributed by atoms with Crippen molar-refractivity contribution in [3.05, 3.63) is 82.9 Å². The van der Waals surface area contributed by atoms with Crippen LogP contribution in [-0.4, -0.2) is 39.6 Å². The molecule has 0 aliphatic heterocycles. The number of nitrogens with zero attached hydrogens (tertiary/aromatic N) is 3. The quantitative estimate of drug-likeness (QED) is 0.538. The van der Waals surface area contributed by atoms with Crippen molar-refractivity contribution in [2.75, 3.05) is 13.1 Å². The minimum absolute atomic E-state index is 0.168. The lowest BCUT2D eigenvalue weighted by Gasteiger charge is -2.20. The molecule has 0 spiro atoms. The van der Waals surface area contributed by atoms with Crippen LogP contribution in [0.4, 0.5) is 17.6 Å². The van der Waals surface area contributed by atoms with E-state index in [9.17, 15) is 27.2 Å². The second-order valence-corrected chi connectivity index (χ2v) is 7.33. The first-order chi connectivity index (χ1) is 15.6. The molecule has 33 heavy (non-hydrogen) atoms. The minimum Gasteiger partial charge on any atom is -0.350 e. The molecule has 0 unspecified atom stereocenters. The molecule has 3 rings (SSSR count). The number of hydrogen-bond donors (Lipinski definition) is 1. The van der Waals surface area contributed by atoms with E-state index in [1.807, 2.05) is 0 Å². The molecule has 174 valence electrons. The summed E-state index contributed by atoms with van der Waals surface area (Å²) < 4.78 is 53.3. The summed E-state index contributed by atoms with van der Waals surface area (Å²) in [7, 11) is 0. The molecule has 2 amide bonds. The van der Waals surface area contributed by atoms with Crippen LogP contribution in [0.2, 0.25) is 0 Å². The summed E-state index contributed by atoms with van der Waals surface area (Å²) in [6.45, 7) is 3.47. The van der Waals surface area contributed by atoms with Crippen molar-refractivity contribution in [2.45, 2.75) is 26.6 Å². The van der Waals surface area contributed by atoms with E-state index in [1.165, 1.54) is 40.0 Å². The maximum atomic E-state index is 13.0. The van der Waals surface area contributed by atoms with E-state index in [0.29, 0.717) is 11.3 Å². The molecule has 2 aromatic carbocycles. The van der Waals surface area contributed by atoms with Crippen molar-refractivity contribution >= 4 is 11.8 Å². The summed E-state index contributed by atoms with van der Waals surface area (Å²) in [5.74, 6) is -1.25. The van der Waals surface area contributed by atoms with Gasteiger partial charge in [-0.1, -0.05) is 18.2 Å². The number of likely N-dealkylation sites (N-methyl/N-ethyl adjacent to an activating group) is 1. The zero-order chi connectivity index (χ0) is 24.2. The van der Waals surface area contributed by atoms with Gasteiger partial charge in [-0.05, 0) is 49.7 Å². The smallest absolute Gasteiger partial charge is 0.350 e. The third-order valence-corrected chi connectivity index (χ3v) is 5.06. The van der Waals surface area contributed by atoms with Crippen LogP contribution < -0.4 is 5.32 Å². The topological polar surface area (TPSA) is 67.2 Å². The predicted octanol–water partition coefficient (Wildman–Crippen LogP) is 4.12. The van der Waals surface area contributed by atoms with Gasteiger partial charge in [0.25, 0.3) is 5.91 Å². The number of alkyl halides is 3. The lowest BCUT2D eigenvalue weighted by Crippen LogP contribution is -2.40. The van der Waals surface area contributed by atoms with Crippen LogP contribution in [0.15, 0.2) is 54.7 Å². The minimum atomic E-state index is -4.50. The summed E-state index contributed by atoms with van der Waals surface area (Å²) in [6.07, 6.45) is -3.23. The first kappa shape index (κ1) is 24.0. The van der Waals surface area contributed by atoms with Gasteiger partial charge in [0.2, 0.25) is 5.91 Å². The normalized spacial score (nSPS) is 11.3. The van der Waals surface area contributed by atoms with Gasteiger partial charge in [-0.2, -0.15) is 18.3 Å². The Morgan fingerprint density at radius 1 is 1.12 bits per heavy atom. The lowest BCUT2D eigenvalue weighted by atomic mass is 10.2. The van der Waals surface area contributed by atoms with Crippen molar-refractivity contribution in [1.29, 1.82) is 0 Å². The van der Waals surface area contributed by atoms with Gasteiger partial charge in [-0.15, -0.1) is 0 Å². The molecule has 1 aromatic heterocycles. The van der Waals surface area contributed by atoms with E-state index in [1.54, 1.807) is 26.0 Å². The van der Waals surface area contributed by atoms with Gasteiger partial charge in [0.05, 0.1) is 35.2 Å². The Morgan fingerprint density at radius 2 is 1.82 bits per heavy atom. The third kappa shape index (κ3) is 5.76. The van der Waals surface area contributed by atoms with Gasteiger partial charge < -0.3 is 10.2 Å². The highest BCUT2D eigenvalue weighted by atomic mass is 19.4. The number of benzene rings is 2. The second-order valence-electron chi connectivity index (χ2n) is 7.33. The SMILES string of the molecule is CCN(CC(=O)NCc1ccc(F)cc1)C(=O)c1cnn(-c2cccc(C(F)(F)F)c2)c1C. The van der Waals surface area contributed by atoms with Crippen molar-refractivity contribution in [3.8, 4) is 5.69 Å². The molecule has 0 aliphatic carbocycles. The van der Waals surface area contributed by atoms with Crippen LogP contribution in [0.5, 0.6) is 0 Å². The van der Waals surface area contributed by atoms with E-state index < -0.39 is 23.6 Å². The number of halogens is 4. The zero-order valence-electron chi connectivity index (χ0n) is 18.0. The molecular formula is C23H22F4N4O2. The predicted molar refractivity (Wildman–Crippen MR) is 113 cm³/mol. The molecule has 1 N–H and O–H groups in total. The van der Waals surface area contributed by atoms with E-state index >= 15 is 0 Å². The molecule has 3 aromatic rings. The molecule has 0 atom stereocenters. The van der Waals surface area contributed by atoms with Gasteiger partial charge in [-0.3, -0.25) is 9.59 Å². The summed E-state index contributed by atoms with van der Waals surface area (Å²) in [5, 5.41) is 6.75. The first-order valence-corrected chi connectivity index (χ1v) is 10.1. The molecule has 0 aliphatic rings. The summed E-state index contributed by atoms with van der Waals surface area (Å²) in [6, 6.07) is 10.3. The Morgan fingerprint density at radius 3 is 2.45 bits per heavy atom. The van der Waals surface area contributed by atoms with Crippen LogP contribution in [0.1, 0.15) is 34.1 Å². The van der Waals surface area contributed by atoms with E-state index in [0.717, 1.165) is 12.1 Å². The number of carbonyl (C=O) groups is 2. The van der Waals surface area contributed by atoms with Crippen LogP contribution in [0, 0.1) is 12.7 Å². The van der Waals surface area contributed by atoms with E-state index in [-0.39, 0.29) is 36.7 Å². The number of rotatable bonds is 7. The summed E-state index contributed by atoms with van der Waals surface area (Å²) in [5.41, 5.74) is 0.583. The number of aromatic nitrogens is 2. The van der Waals surface area contributed by atoms with Crippen LogP contribution in [0.25, 0.3) is 5.69 Å². The van der Waals surface area contributed by atoms with E-state index in [2.05, 4.69) is 10.4 Å². The Labute approximate surface area is 187 Å². The number of nitrogens with one attached hydrogen (secondary N) is 1. The van der Waals surface area contributed by atoms with Crippen LogP contribution in [0.3, 0.4) is 0 Å². The summed E-state index contributed by atoms with van der Waals surface area (Å²) >= 11 is 0. The Balaban J connectivity index is 1.71. The van der Waals surface area contributed by atoms with Gasteiger partial charge in [-0.25, -0.2) is 9.07 Å². The maximum absolute atomic E-state index is 13.0. The van der Waals surface area contributed by atoms with Crippen molar-refractivity contribution in [1.82, 2.24) is 20.0 Å². The zero-order valence-corrected chi connectivity index (χ0v) is 18.0. The standard InChI is InChI=1S/C23H22F4N4O2/c1-3-30(14-21(32)28-12-16-7-9-18(24)10-8-16)22(33)20-13-29-31(15(20)2)19-6-4-5-17(11-19)23(25,26)27/h4-11,13H,3,12,14H2,1-2H3,(H,28,32). The largest absolute Gasteiger partial charge is 0.416 e. The lowest BCUT2D eigenvalue weighted by molar-refractivity contribution is -0.137. The van der Waals surface area contributed by atoms with Crippen molar-refractivity contribution in [2.24, 2.45) is 0 Å². The fraction of sp³-hybridized carbons (Fsp3) is 0.261. The Bertz CT molecular complexity index is 1140. The van der Waals surface area contributed by atoms with Gasteiger partial charge in [0, 0.05) is 13.1 Å². The van der Waals surface area contributed by atoms with Gasteiger partial charge >= 0.3 is 6.18 Å². The summed E-state index contributed by atoms with van der Waals surface area (Å²) in [4.78, 5) is 26.6. The molecule has 0 saturated carbocycles. The Hall–Kier alpha value is -3.69. The molecule has 0 radical (unpaired) electrons. The molecule has 1 heterocycles. The second kappa shape index (κ2) is 9.85. The number of carbonyl (C=O) groups excluding carboxylic acids is 2. The monoisotopic (exact) mass is 462 g/mol. The average Bonchev–Trinajstić information content (AvgIpc) is 3.17. The van der Waals surface area contributed by atoms with Crippen LogP contribution in [-0.2, 0) is 17.5 Å². The molecule has 10 heteroatoms. The Kier molecular flexibility index (Phi) is 7.15. The highest BCUT2D eigenvalue weighted by Crippen LogP contribution is 2.30. The van der Waals surface area contributed by atoms with Crippen LogP contribution >= 0.6 is 0 Å². The van der Waals surface area contributed by atoms with Gasteiger partial charge in [0.1, 0.15) is 5.82 Å². The highest BCUT2D eigenvalue weighted by Gasteiger charge is 2.31. The fourth-order valence-electron chi connectivity index (χ4n) is 3.22. The average molecular weight is 462 g/mol. The molecule has 0 fully saturated rings. The number of amides is 2. The van der Waals surface area contributed by atoms with Crippen molar-refractivity contribution < 1.29 is 27.2 Å². The molecular weight excluding hydrogens is 440 g/mol. The molecule has 6 nitrogen and oxygen atoms in total. The van der Waals surface area contributed by atoms with E-state index in [4.69, 9.17) is 0 Å². The highest BCUT2D eigenvalue weighted by molar-refractivity contribution is 5.97. The number of hydrogen-bond acceptors (Lipinski definition) is 3. The van der Waals surface area contributed by atoms with Gasteiger partial charge in [0.15, 0.2) is 0 Å². The first-order valence-electron chi connectivity index (χ1n) is 10.1. The third-order valence-electron chi connectivity index (χ3n) is 5.06. The maximum Gasteiger partial charge on any atom is 0.416 e.